The quantitative estimate of drug-likeness (QED) is 0.312. The summed E-state index contributed by atoms with van der Waals surface area (Å²) < 4.78 is 5.34. The molecule has 0 saturated carbocycles. The Morgan fingerprint density at radius 2 is 1.97 bits per heavy atom. The van der Waals surface area contributed by atoms with Crippen LogP contribution >= 0.6 is 11.6 Å². The van der Waals surface area contributed by atoms with E-state index in [4.69, 9.17) is 22.1 Å². The predicted octanol–water partition coefficient (Wildman–Crippen LogP) is 1.87. The third kappa shape index (κ3) is 6.91. The molecular formula is C25H28ClN5O7. The van der Waals surface area contributed by atoms with Gasteiger partial charge < -0.3 is 31.5 Å². The van der Waals surface area contributed by atoms with Crippen molar-refractivity contribution in [2.75, 3.05) is 31.2 Å². The molecule has 0 aliphatic carbocycles. The number of nitrogens with two attached hydrogens (primary N) is 1. The minimum absolute atomic E-state index is 0.00382. The highest BCUT2D eigenvalue weighted by Gasteiger charge is 2.35. The van der Waals surface area contributed by atoms with Crippen molar-refractivity contribution in [1.82, 2.24) is 15.5 Å². The van der Waals surface area contributed by atoms with Crippen molar-refractivity contribution in [2.45, 2.75) is 25.8 Å². The predicted molar refractivity (Wildman–Crippen MR) is 139 cm³/mol. The molecule has 1 saturated heterocycles. The molecular weight excluding hydrogens is 518 g/mol. The second-order valence-electron chi connectivity index (χ2n) is 8.63. The number of methoxy groups -OCH3 is 1. The minimum Gasteiger partial charge on any atom is -0.496 e. The number of carbonyl (C=O) groups excluding carboxylic acids is 4. The number of anilines is 2. The second-order valence-corrected chi connectivity index (χ2v) is 9.07. The molecule has 0 spiro atoms. The van der Waals surface area contributed by atoms with Crippen LogP contribution in [0.5, 0.6) is 5.75 Å². The molecule has 5 amide bonds. The smallest absolute Gasteiger partial charge is 0.335 e. The molecule has 0 bridgehead atoms. The van der Waals surface area contributed by atoms with Crippen LogP contribution in [0, 0.1) is 5.92 Å². The van der Waals surface area contributed by atoms with E-state index in [1.807, 2.05) is 0 Å². The lowest BCUT2D eigenvalue weighted by atomic mass is 9.97. The van der Waals surface area contributed by atoms with Crippen LogP contribution in [0.2, 0.25) is 5.02 Å². The fraction of sp³-hybridized carbons (Fsp3) is 0.320. The average Bonchev–Trinajstić information content (AvgIpc) is 3.00. The van der Waals surface area contributed by atoms with Gasteiger partial charge in [0, 0.05) is 22.9 Å². The van der Waals surface area contributed by atoms with Crippen molar-refractivity contribution in [3.63, 3.8) is 0 Å². The summed E-state index contributed by atoms with van der Waals surface area (Å²) in [6.45, 7) is 1.11. The minimum atomic E-state index is -1.23. The Bertz CT molecular complexity index is 1270. The fourth-order valence-corrected chi connectivity index (χ4v) is 4.18. The van der Waals surface area contributed by atoms with Gasteiger partial charge in [-0.2, -0.15) is 0 Å². The Morgan fingerprint density at radius 1 is 1.24 bits per heavy atom. The molecule has 38 heavy (non-hydrogen) atoms. The number of carboxylic acid groups (broad SMARTS) is 1. The topological polar surface area (TPSA) is 180 Å². The van der Waals surface area contributed by atoms with E-state index in [0.717, 1.165) is 4.90 Å². The molecule has 2 atom stereocenters. The molecule has 2 aromatic rings. The third-order valence-corrected chi connectivity index (χ3v) is 6.14. The number of imide groups is 1. The summed E-state index contributed by atoms with van der Waals surface area (Å²) in [5.41, 5.74) is 6.47. The molecule has 12 nitrogen and oxygen atoms in total. The van der Waals surface area contributed by atoms with Gasteiger partial charge >= 0.3 is 12.0 Å². The van der Waals surface area contributed by atoms with Crippen LogP contribution < -0.4 is 26.4 Å². The summed E-state index contributed by atoms with van der Waals surface area (Å²) in [6.07, 6.45) is 0.286. The maximum atomic E-state index is 13.3. The number of urea groups is 1. The van der Waals surface area contributed by atoms with Gasteiger partial charge in [-0.05, 0) is 54.8 Å². The zero-order chi connectivity index (χ0) is 28.0. The summed E-state index contributed by atoms with van der Waals surface area (Å²) in [4.78, 5) is 63.6. The van der Waals surface area contributed by atoms with E-state index in [9.17, 15) is 29.1 Å². The van der Waals surface area contributed by atoms with Crippen LogP contribution in [0.4, 0.5) is 16.2 Å². The number of halogens is 1. The standard InChI is InChI=1S/C25H28ClN5O7/c1-3-19(22(33)29-18-9-14(24(35)36)8-17(27)10-18)30-25(37)31-12-21(32)28-11-15(23(31)34)6-13-7-16(26)4-5-20(13)38-2/h4-5,7-10,15,19H,3,6,11-12,27H2,1-2H3,(H,28,32)(H,29,33)(H,30,37)(H,35,36)/t15?,19-/m1/s1. The maximum absolute atomic E-state index is 13.3. The fourth-order valence-electron chi connectivity index (χ4n) is 3.98. The van der Waals surface area contributed by atoms with E-state index in [1.165, 1.54) is 25.3 Å². The molecule has 2 aromatic carbocycles. The van der Waals surface area contributed by atoms with E-state index in [2.05, 4.69) is 16.0 Å². The van der Waals surface area contributed by atoms with Gasteiger partial charge in [0.15, 0.2) is 0 Å². The Kier molecular flexibility index (Phi) is 9.13. The van der Waals surface area contributed by atoms with Gasteiger partial charge in [-0.3, -0.25) is 19.3 Å². The Balaban J connectivity index is 1.75. The zero-order valence-corrected chi connectivity index (χ0v) is 21.5. The number of hydrogen-bond donors (Lipinski definition) is 5. The molecule has 1 fully saturated rings. The Morgan fingerprint density at radius 3 is 2.63 bits per heavy atom. The van der Waals surface area contributed by atoms with E-state index in [1.54, 1.807) is 25.1 Å². The van der Waals surface area contributed by atoms with Crippen molar-refractivity contribution >= 4 is 52.7 Å². The summed E-state index contributed by atoms with van der Waals surface area (Å²) in [7, 11) is 1.48. The first-order chi connectivity index (χ1) is 18.0. The number of nitrogens with zero attached hydrogens (tertiary/aromatic N) is 1. The molecule has 1 aliphatic rings. The lowest BCUT2D eigenvalue weighted by Gasteiger charge is -2.25. The third-order valence-electron chi connectivity index (χ3n) is 5.91. The summed E-state index contributed by atoms with van der Waals surface area (Å²) >= 11 is 6.10. The highest BCUT2D eigenvalue weighted by Crippen LogP contribution is 2.26. The first-order valence-corrected chi connectivity index (χ1v) is 12.1. The normalized spacial score (nSPS) is 16.2. The number of carbonyl (C=O) groups is 5. The summed E-state index contributed by atoms with van der Waals surface area (Å²) in [6, 6.07) is 6.77. The molecule has 1 unspecified atom stereocenters. The van der Waals surface area contributed by atoms with Gasteiger partial charge in [0.2, 0.25) is 17.7 Å². The van der Waals surface area contributed by atoms with Crippen LogP contribution in [0.1, 0.15) is 29.3 Å². The number of rotatable bonds is 8. The first kappa shape index (κ1) is 28.3. The summed E-state index contributed by atoms with van der Waals surface area (Å²) in [5.74, 6) is -3.32. The SMILES string of the molecule is CC[C@@H](NC(=O)N1CC(=O)NCC(Cc2cc(Cl)ccc2OC)C1=O)C(=O)Nc1cc(N)cc(C(=O)O)c1. The summed E-state index contributed by atoms with van der Waals surface area (Å²) in [5, 5.41) is 17.3. The van der Waals surface area contributed by atoms with E-state index in [-0.39, 0.29) is 36.3 Å². The molecule has 3 rings (SSSR count). The van der Waals surface area contributed by atoms with Crippen LogP contribution in [0.3, 0.4) is 0 Å². The molecule has 0 aromatic heterocycles. The average molecular weight is 546 g/mol. The van der Waals surface area contributed by atoms with Gasteiger partial charge in [-0.25, -0.2) is 9.59 Å². The molecule has 6 N–H and O–H groups in total. The van der Waals surface area contributed by atoms with Crippen LogP contribution in [0.25, 0.3) is 0 Å². The number of ether oxygens (including phenoxy) is 1. The monoisotopic (exact) mass is 545 g/mol. The number of benzene rings is 2. The second kappa shape index (κ2) is 12.3. The number of carboxylic acids is 1. The number of amides is 5. The highest BCUT2D eigenvalue weighted by molar-refractivity contribution is 6.30. The van der Waals surface area contributed by atoms with E-state index < -0.39 is 48.2 Å². The number of nitrogens with one attached hydrogen (secondary N) is 3. The van der Waals surface area contributed by atoms with Crippen molar-refractivity contribution in [2.24, 2.45) is 5.92 Å². The molecule has 1 aliphatic heterocycles. The largest absolute Gasteiger partial charge is 0.496 e. The van der Waals surface area contributed by atoms with Crippen LogP contribution in [-0.4, -0.2) is 66.0 Å². The van der Waals surface area contributed by atoms with Gasteiger partial charge in [0.05, 0.1) is 18.6 Å². The van der Waals surface area contributed by atoms with E-state index in [0.29, 0.717) is 16.3 Å². The van der Waals surface area contributed by atoms with E-state index >= 15 is 0 Å². The highest BCUT2D eigenvalue weighted by atomic mass is 35.5. The van der Waals surface area contributed by atoms with Crippen molar-refractivity contribution in [1.29, 1.82) is 0 Å². The number of hydrogen-bond acceptors (Lipinski definition) is 7. The van der Waals surface area contributed by atoms with Crippen LogP contribution in [-0.2, 0) is 20.8 Å². The number of nitrogen functional groups attached to an aromatic ring is 1. The molecule has 202 valence electrons. The van der Waals surface area contributed by atoms with Crippen molar-refractivity contribution in [3.05, 3.63) is 52.5 Å². The molecule has 0 radical (unpaired) electrons. The Labute approximate surface area is 223 Å². The van der Waals surface area contributed by atoms with Gasteiger partial charge in [-0.1, -0.05) is 18.5 Å². The van der Waals surface area contributed by atoms with Gasteiger partial charge in [-0.15, -0.1) is 0 Å². The van der Waals surface area contributed by atoms with Crippen molar-refractivity contribution in [3.8, 4) is 5.75 Å². The van der Waals surface area contributed by atoms with Gasteiger partial charge in [0.25, 0.3) is 0 Å². The van der Waals surface area contributed by atoms with Crippen LogP contribution in [0.15, 0.2) is 36.4 Å². The number of aromatic carboxylic acids is 1. The lowest BCUT2D eigenvalue weighted by Crippen LogP contribution is -2.53. The van der Waals surface area contributed by atoms with Crippen molar-refractivity contribution < 1.29 is 33.8 Å². The maximum Gasteiger partial charge on any atom is 0.335 e. The lowest BCUT2D eigenvalue weighted by molar-refractivity contribution is -0.133. The zero-order valence-electron chi connectivity index (χ0n) is 20.7. The first-order valence-electron chi connectivity index (χ1n) is 11.7. The van der Waals surface area contributed by atoms with Gasteiger partial charge in [0.1, 0.15) is 18.3 Å². The molecule has 1 heterocycles. The Hall–Kier alpha value is -4.32. The molecule has 13 heteroatoms.